The van der Waals surface area contributed by atoms with E-state index in [1.807, 2.05) is 43.3 Å². The van der Waals surface area contributed by atoms with Gasteiger partial charge in [-0.3, -0.25) is 9.69 Å². The summed E-state index contributed by atoms with van der Waals surface area (Å²) in [5.41, 5.74) is 1.77. The molecule has 1 atom stereocenters. The Labute approximate surface area is 129 Å². The van der Waals surface area contributed by atoms with Crippen molar-refractivity contribution in [2.24, 2.45) is 0 Å². The van der Waals surface area contributed by atoms with E-state index in [9.17, 15) is 4.79 Å². The second kappa shape index (κ2) is 6.23. The van der Waals surface area contributed by atoms with E-state index in [1.54, 1.807) is 12.3 Å². The number of ether oxygens (including phenoxy) is 1. The van der Waals surface area contributed by atoms with Crippen molar-refractivity contribution in [1.29, 1.82) is 0 Å². The van der Waals surface area contributed by atoms with Crippen molar-refractivity contribution in [3.05, 3.63) is 53.5 Å². The van der Waals surface area contributed by atoms with Gasteiger partial charge in [0.05, 0.1) is 18.9 Å². The molecule has 5 heteroatoms. The van der Waals surface area contributed by atoms with Gasteiger partial charge < -0.3 is 14.5 Å². The summed E-state index contributed by atoms with van der Waals surface area (Å²) in [5.74, 6) is 1.65. The lowest BCUT2D eigenvalue weighted by Crippen LogP contribution is -2.34. The zero-order valence-electron chi connectivity index (χ0n) is 12.8. The molecule has 2 heterocycles. The first kappa shape index (κ1) is 14.7. The highest BCUT2D eigenvalue weighted by Crippen LogP contribution is 2.26. The SMILES string of the molecule is CN(C)C(CNC(=O)c1ccc2c(c1)CCO2)c1ccco1. The number of hydrogen-bond donors (Lipinski definition) is 1. The predicted octanol–water partition coefficient (Wildman–Crippen LogP) is 2.25. The van der Waals surface area contributed by atoms with Gasteiger partial charge in [0.1, 0.15) is 11.5 Å². The topological polar surface area (TPSA) is 54.7 Å². The molecule has 0 saturated heterocycles. The molecule has 1 amide bonds. The number of carbonyl (C=O) groups is 1. The van der Waals surface area contributed by atoms with Crippen molar-refractivity contribution in [2.45, 2.75) is 12.5 Å². The fourth-order valence-electron chi connectivity index (χ4n) is 2.64. The number of carbonyl (C=O) groups excluding carboxylic acids is 1. The third-order valence-electron chi connectivity index (χ3n) is 3.90. The van der Waals surface area contributed by atoms with E-state index in [2.05, 4.69) is 5.32 Å². The lowest BCUT2D eigenvalue weighted by molar-refractivity contribution is 0.0939. The number of hydrogen-bond acceptors (Lipinski definition) is 4. The minimum absolute atomic E-state index is 0.0108. The number of amides is 1. The van der Waals surface area contributed by atoms with Gasteiger partial charge in [0.25, 0.3) is 5.91 Å². The van der Waals surface area contributed by atoms with Crippen molar-refractivity contribution in [3.8, 4) is 5.75 Å². The summed E-state index contributed by atoms with van der Waals surface area (Å²) in [6, 6.07) is 9.37. The van der Waals surface area contributed by atoms with E-state index in [1.165, 1.54) is 0 Å². The molecule has 3 rings (SSSR count). The number of rotatable bonds is 5. The summed E-state index contributed by atoms with van der Waals surface area (Å²) in [4.78, 5) is 14.4. The van der Waals surface area contributed by atoms with Gasteiger partial charge in [0.2, 0.25) is 0 Å². The molecular weight excluding hydrogens is 280 g/mol. The number of nitrogens with zero attached hydrogens (tertiary/aromatic N) is 1. The molecule has 0 saturated carbocycles. The fourth-order valence-corrected chi connectivity index (χ4v) is 2.64. The smallest absolute Gasteiger partial charge is 0.251 e. The Morgan fingerprint density at radius 1 is 1.36 bits per heavy atom. The number of likely N-dealkylation sites (N-methyl/N-ethyl adjacent to an activating group) is 1. The Morgan fingerprint density at radius 3 is 2.95 bits per heavy atom. The van der Waals surface area contributed by atoms with Gasteiger partial charge in [-0.25, -0.2) is 0 Å². The number of furan rings is 1. The Hall–Kier alpha value is -2.27. The summed E-state index contributed by atoms with van der Waals surface area (Å²) in [7, 11) is 3.93. The van der Waals surface area contributed by atoms with E-state index in [4.69, 9.17) is 9.15 Å². The molecule has 0 radical (unpaired) electrons. The van der Waals surface area contributed by atoms with Crippen molar-refractivity contribution in [2.75, 3.05) is 27.2 Å². The maximum Gasteiger partial charge on any atom is 0.251 e. The van der Waals surface area contributed by atoms with Gasteiger partial charge in [-0.05, 0) is 50.0 Å². The van der Waals surface area contributed by atoms with E-state index >= 15 is 0 Å². The molecule has 0 spiro atoms. The van der Waals surface area contributed by atoms with Crippen LogP contribution >= 0.6 is 0 Å². The third-order valence-corrected chi connectivity index (χ3v) is 3.90. The lowest BCUT2D eigenvalue weighted by Gasteiger charge is -2.22. The summed E-state index contributed by atoms with van der Waals surface area (Å²) in [6.45, 7) is 1.19. The van der Waals surface area contributed by atoms with Gasteiger partial charge in [-0.1, -0.05) is 0 Å². The fraction of sp³-hybridized carbons (Fsp3) is 0.353. The van der Waals surface area contributed by atoms with Gasteiger partial charge in [-0.15, -0.1) is 0 Å². The Kier molecular flexibility index (Phi) is 4.15. The normalized spacial score (nSPS) is 14.5. The average Bonchev–Trinajstić information content (AvgIpc) is 3.17. The van der Waals surface area contributed by atoms with Gasteiger partial charge in [0.15, 0.2) is 0 Å². The van der Waals surface area contributed by atoms with Gasteiger partial charge >= 0.3 is 0 Å². The number of nitrogens with one attached hydrogen (secondary N) is 1. The first-order chi connectivity index (χ1) is 10.6. The maximum absolute atomic E-state index is 12.3. The maximum atomic E-state index is 12.3. The molecule has 5 nitrogen and oxygen atoms in total. The minimum atomic E-state index is -0.0758. The molecule has 0 bridgehead atoms. The standard InChI is InChI=1S/C17H20N2O3/c1-19(2)14(16-4-3-8-21-16)11-18-17(20)13-5-6-15-12(10-13)7-9-22-15/h3-6,8,10,14H,7,9,11H2,1-2H3,(H,18,20). The highest BCUT2D eigenvalue weighted by Gasteiger charge is 2.19. The van der Waals surface area contributed by atoms with Crippen LogP contribution in [-0.4, -0.2) is 38.1 Å². The molecule has 116 valence electrons. The van der Waals surface area contributed by atoms with E-state index < -0.39 is 0 Å². The highest BCUT2D eigenvalue weighted by molar-refractivity contribution is 5.94. The van der Waals surface area contributed by atoms with E-state index in [-0.39, 0.29) is 11.9 Å². The second-order valence-electron chi connectivity index (χ2n) is 5.63. The highest BCUT2D eigenvalue weighted by atomic mass is 16.5. The van der Waals surface area contributed by atoms with Crippen LogP contribution in [0.15, 0.2) is 41.0 Å². The van der Waals surface area contributed by atoms with Crippen LogP contribution in [0.5, 0.6) is 5.75 Å². The summed E-state index contributed by atoms with van der Waals surface area (Å²) < 4.78 is 10.9. The van der Waals surface area contributed by atoms with Crippen molar-refractivity contribution < 1.29 is 13.9 Å². The summed E-state index contributed by atoms with van der Waals surface area (Å²) in [5, 5.41) is 2.98. The van der Waals surface area contributed by atoms with Crippen LogP contribution in [0.4, 0.5) is 0 Å². The van der Waals surface area contributed by atoms with Crippen LogP contribution in [0.25, 0.3) is 0 Å². The predicted molar refractivity (Wildman–Crippen MR) is 83.1 cm³/mol. The summed E-state index contributed by atoms with van der Waals surface area (Å²) in [6.07, 6.45) is 2.51. The van der Waals surface area contributed by atoms with E-state index in [0.717, 1.165) is 23.5 Å². The van der Waals surface area contributed by atoms with Crippen LogP contribution in [0.3, 0.4) is 0 Å². The third kappa shape index (κ3) is 2.99. The molecule has 1 aliphatic heterocycles. The first-order valence-electron chi connectivity index (χ1n) is 7.39. The van der Waals surface area contributed by atoms with Crippen LogP contribution in [0.2, 0.25) is 0 Å². The van der Waals surface area contributed by atoms with Gasteiger partial charge in [0, 0.05) is 18.5 Å². The summed E-state index contributed by atoms with van der Waals surface area (Å²) >= 11 is 0. The second-order valence-corrected chi connectivity index (χ2v) is 5.63. The molecule has 1 aromatic heterocycles. The van der Waals surface area contributed by atoms with Crippen LogP contribution < -0.4 is 10.1 Å². The Morgan fingerprint density at radius 2 is 2.23 bits per heavy atom. The van der Waals surface area contributed by atoms with Crippen LogP contribution in [-0.2, 0) is 6.42 Å². The van der Waals surface area contributed by atoms with Gasteiger partial charge in [-0.2, -0.15) is 0 Å². The molecule has 1 unspecified atom stereocenters. The minimum Gasteiger partial charge on any atom is -0.493 e. The molecule has 1 aromatic carbocycles. The quantitative estimate of drug-likeness (QED) is 0.920. The largest absolute Gasteiger partial charge is 0.493 e. The lowest BCUT2D eigenvalue weighted by atomic mass is 10.1. The monoisotopic (exact) mass is 300 g/mol. The molecule has 2 aromatic rings. The Bertz CT molecular complexity index is 650. The zero-order chi connectivity index (χ0) is 15.5. The van der Waals surface area contributed by atoms with Crippen molar-refractivity contribution in [1.82, 2.24) is 10.2 Å². The molecule has 1 aliphatic rings. The number of fused-ring (bicyclic) bond motifs is 1. The van der Waals surface area contributed by atoms with Crippen LogP contribution in [0, 0.1) is 0 Å². The molecule has 22 heavy (non-hydrogen) atoms. The molecule has 1 N–H and O–H groups in total. The van der Waals surface area contributed by atoms with Crippen molar-refractivity contribution in [3.63, 3.8) is 0 Å². The Balaban J connectivity index is 1.66. The van der Waals surface area contributed by atoms with Crippen molar-refractivity contribution >= 4 is 5.91 Å². The first-order valence-corrected chi connectivity index (χ1v) is 7.39. The number of benzene rings is 1. The zero-order valence-corrected chi connectivity index (χ0v) is 12.8. The molecular formula is C17H20N2O3. The van der Waals surface area contributed by atoms with Crippen LogP contribution in [0.1, 0.15) is 27.7 Å². The molecule has 0 aliphatic carbocycles. The van der Waals surface area contributed by atoms with E-state index in [0.29, 0.717) is 18.7 Å². The molecule has 0 fully saturated rings. The average molecular weight is 300 g/mol.